The van der Waals surface area contributed by atoms with Crippen molar-refractivity contribution in [3.8, 4) is 0 Å². The Hall–Kier alpha value is -3.59. The molecule has 36 heavy (non-hydrogen) atoms. The third-order valence-electron chi connectivity index (χ3n) is 6.28. The molecule has 0 saturated carbocycles. The Bertz CT molecular complexity index is 1190. The van der Waals surface area contributed by atoms with Crippen LogP contribution in [0.2, 0.25) is 0 Å². The van der Waals surface area contributed by atoms with Crippen LogP contribution in [0.15, 0.2) is 55.0 Å². The first kappa shape index (κ1) is 25.5. The SMILES string of the molecule is CCC[C@H](NC(=O)Cc1cc(F)cc(F)c1)C(=O)Nc1cn(CCN2CCc3ccccc3C2)cn1. The summed E-state index contributed by atoms with van der Waals surface area (Å²) in [6.45, 7) is 5.45. The summed E-state index contributed by atoms with van der Waals surface area (Å²) >= 11 is 0. The highest BCUT2D eigenvalue weighted by Crippen LogP contribution is 2.18. The van der Waals surface area contributed by atoms with Gasteiger partial charge in [-0.1, -0.05) is 37.6 Å². The summed E-state index contributed by atoms with van der Waals surface area (Å²) in [5.41, 5.74) is 2.99. The summed E-state index contributed by atoms with van der Waals surface area (Å²) in [5.74, 6) is -1.95. The van der Waals surface area contributed by atoms with Crippen molar-refractivity contribution >= 4 is 17.6 Å². The van der Waals surface area contributed by atoms with Crippen molar-refractivity contribution in [2.45, 2.75) is 51.7 Å². The van der Waals surface area contributed by atoms with Crippen molar-refractivity contribution in [1.29, 1.82) is 0 Å². The molecule has 1 aliphatic heterocycles. The van der Waals surface area contributed by atoms with Crippen LogP contribution < -0.4 is 10.6 Å². The van der Waals surface area contributed by atoms with Gasteiger partial charge in [0.2, 0.25) is 11.8 Å². The minimum absolute atomic E-state index is 0.205. The average molecular weight is 496 g/mol. The second-order valence-electron chi connectivity index (χ2n) is 9.14. The van der Waals surface area contributed by atoms with Crippen LogP contribution in [0.4, 0.5) is 14.6 Å². The Kier molecular flexibility index (Phi) is 8.43. The summed E-state index contributed by atoms with van der Waals surface area (Å²) in [4.78, 5) is 31.9. The minimum atomic E-state index is -0.778. The van der Waals surface area contributed by atoms with Gasteiger partial charge in [-0.25, -0.2) is 13.8 Å². The van der Waals surface area contributed by atoms with E-state index in [9.17, 15) is 18.4 Å². The molecule has 7 nitrogen and oxygen atoms in total. The highest BCUT2D eigenvalue weighted by Gasteiger charge is 2.21. The number of carbonyl (C=O) groups excluding carboxylic acids is 2. The lowest BCUT2D eigenvalue weighted by molar-refractivity contribution is -0.126. The molecule has 1 aliphatic rings. The molecule has 2 aromatic carbocycles. The fourth-order valence-corrected chi connectivity index (χ4v) is 4.46. The first-order valence-corrected chi connectivity index (χ1v) is 12.3. The molecule has 0 radical (unpaired) electrons. The van der Waals surface area contributed by atoms with Gasteiger partial charge in [-0.2, -0.15) is 0 Å². The standard InChI is InChI=1S/C27H31F2N5O2/c1-2-5-24(31-26(35)14-19-12-22(28)15-23(29)13-19)27(36)32-25-17-34(18-30-25)11-10-33-9-8-20-6-3-4-7-21(20)16-33/h3-4,6-7,12-13,15,17-18,24H,2,5,8-11,14,16H2,1H3,(H,31,35)(H,32,36)/t24-/m0/s1. The fourth-order valence-electron chi connectivity index (χ4n) is 4.46. The number of hydrogen-bond donors (Lipinski definition) is 2. The maximum absolute atomic E-state index is 13.4. The topological polar surface area (TPSA) is 79.3 Å². The predicted octanol–water partition coefficient (Wildman–Crippen LogP) is 3.69. The number of amides is 2. The lowest BCUT2D eigenvalue weighted by Gasteiger charge is -2.28. The molecule has 0 unspecified atom stereocenters. The fraction of sp³-hybridized carbons (Fsp3) is 0.370. The molecule has 0 saturated heterocycles. The number of imidazole rings is 1. The summed E-state index contributed by atoms with van der Waals surface area (Å²) in [6.07, 6.45) is 5.36. The highest BCUT2D eigenvalue weighted by atomic mass is 19.1. The molecule has 2 heterocycles. The van der Waals surface area contributed by atoms with Gasteiger partial charge in [-0.3, -0.25) is 14.5 Å². The minimum Gasteiger partial charge on any atom is -0.344 e. The van der Waals surface area contributed by atoms with Gasteiger partial charge < -0.3 is 15.2 Å². The Morgan fingerprint density at radius 1 is 1.08 bits per heavy atom. The Morgan fingerprint density at radius 2 is 1.83 bits per heavy atom. The van der Waals surface area contributed by atoms with Crippen molar-refractivity contribution in [2.75, 3.05) is 18.4 Å². The van der Waals surface area contributed by atoms with Crippen LogP contribution >= 0.6 is 0 Å². The van der Waals surface area contributed by atoms with Crippen LogP contribution in [-0.4, -0.2) is 45.4 Å². The molecular formula is C27H31F2N5O2. The quantitative estimate of drug-likeness (QED) is 0.450. The van der Waals surface area contributed by atoms with Gasteiger partial charge in [0.25, 0.3) is 0 Å². The predicted molar refractivity (Wildman–Crippen MR) is 133 cm³/mol. The van der Waals surface area contributed by atoms with E-state index in [1.807, 2.05) is 11.5 Å². The number of fused-ring (bicyclic) bond motifs is 1. The van der Waals surface area contributed by atoms with Crippen molar-refractivity contribution < 1.29 is 18.4 Å². The maximum atomic E-state index is 13.4. The Morgan fingerprint density at radius 3 is 2.58 bits per heavy atom. The second-order valence-corrected chi connectivity index (χ2v) is 9.14. The molecule has 4 rings (SSSR count). The van der Waals surface area contributed by atoms with E-state index in [1.165, 1.54) is 11.1 Å². The van der Waals surface area contributed by atoms with Crippen LogP contribution in [0.25, 0.3) is 0 Å². The average Bonchev–Trinajstić information content (AvgIpc) is 3.28. The third kappa shape index (κ3) is 6.97. The molecule has 9 heteroatoms. The third-order valence-corrected chi connectivity index (χ3v) is 6.28. The normalized spacial score (nSPS) is 14.2. The summed E-state index contributed by atoms with van der Waals surface area (Å²) in [7, 11) is 0. The second kappa shape index (κ2) is 11.9. The number of nitrogens with one attached hydrogen (secondary N) is 2. The molecule has 1 atom stereocenters. The summed E-state index contributed by atoms with van der Waals surface area (Å²) in [6, 6.07) is 10.7. The zero-order valence-corrected chi connectivity index (χ0v) is 20.3. The molecule has 2 amide bonds. The van der Waals surface area contributed by atoms with E-state index < -0.39 is 23.6 Å². The number of hydrogen-bond acceptors (Lipinski definition) is 4. The number of benzene rings is 2. The monoisotopic (exact) mass is 495 g/mol. The number of nitrogens with zero attached hydrogens (tertiary/aromatic N) is 3. The number of rotatable bonds is 10. The molecule has 0 spiro atoms. The zero-order chi connectivity index (χ0) is 25.5. The van der Waals surface area contributed by atoms with Gasteiger partial charge in [0.1, 0.15) is 17.7 Å². The van der Waals surface area contributed by atoms with E-state index in [1.54, 1.807) is 12.5 Å². The molecular weight excluding hydrogens is 464 g/mol. The van der Waals surface area contributed by atoms with E-state index in [-0.39, 0.29) is 17.9 Å². The van der Waals surface area contributed by atoms with E-state index >= 15 is 0 Å². The van der Waals surface area contributed by atoms with Gasteiger partial charge >= 0.3 is 0 Å². The smallest absolute Gasteiger partial charge is 0.248 e. The number of anilines is 1. The highest BCUT2D eigenvalue weighted by molar-refractivity contribution is 5.96. The molecule has 1 aromatic heterocycles. The zero-order valence-electron chi connectivity index (χ0n) is 20.3. The lowest BCUT2D eigenvalue weighted by atomic mass is 10.00. The van der Waals surface area contributed by atoms with Crippen LogP contribution in [0.3, 0.4) is 0 Å². The van der Waals surface area contributed by atoms with Gasteiger partial charge in [-0.05, 0) is 41.7 Å². The maximum Gasteiger partial charge on any atom is 0.248 e. The Balaban J connectivity index is 1.28. The van der Waals surface area contributed by atoms with E-state index in [0.29, 0.717) is 18.7 Å². The molecule has 0 bridgehead atoms. The number of halogens is 2. The van der Waals surface area contributed by atoms with Gasteiger partial charge in [-0.15, -0.1) is 0 Å². The van der Waals surface area contributed by atoms with Crippen molar-refractivity contribution in [1.82, 2.24) is 19.8 Å². The largest absolute Gasteiger partial charge is 0.344 e. The lowest BCUT2D eigenvalue weighted by Crippen LogP contribution is -2.44. The van der Waals surface area contributed by atoms with Crippen molar-refractivity contribution in [3.63, 3.8) is 0 Å². The summed E-state index contributed by atoms with van der Waals surface area (Å²) in [5, 5.41) is 5.44. The van der Waals surface area contributed by atoms with Crippen LogP contribution in [-0.2, 0) is 35.5 Å². The first-order valence-electron chi connectivity index (χ1n) is 12.3. The first-order chi connectivity index (χ1) is 17.4. The van der Waals surface area contributed by atoms with Crippen molar-refractivity contribution in [3.05, 3.63) is 83.3 Å². The number of carbonyl (C=O) groups is 2. The van der Waals surface area contributed by atoms with Crippen LogP contribution in [0.1, 0.15) is 36.5 Å². The van der Waals surface area contributed by atoms with E-state index in [2.05, 4.69) is 44.8 Å². The van der Waals surface area contributed by atoms with Gasteiger partial charge in [0.05, 0.1) is 12.7 Å². The van der Waals surface area contributed by atoms with Gasteiger partial charge in [0, 0.05) is 38.4 Å². The molecule has 190 valence electrons. The van der Waals surface area contributed by atoms with E-state index in [4.69, 9.17) is 0 Å². The number of aromatic nitrogens is 2. The van der Waals surface area contributed by atoms with Crippen LogP contribution in [0, 0.1) is 11.6 Å². The Labute approximate surface area is 209 Å². The van der Waals surface area contributed by atoms with Crippen molar-refractivity contribution in [2.24, 2.45) is 0 Å². The van der Waals surface area contributed by atoms with E-state index in [0.717, 1.165) is 50.8 Å². The molecule has 0 aliphatic carbocycles. The van der Waals surface area contributed by atoms with Gasteiger partial charge in [0.15, 0.2) is 5.82 Å². The molecule has 0 fully saturated rings. The van der Waals surface area contributed by atoms with Crippen LogP contribution in [0.5, 0.6) is 0 Å². The molecule has 3 aromatic rings. The molecule has 2 N–H and O–H groups in total. The summed E-state index contributed by atoms with van der Waals surface area (Å²) < 4.78 is 28.7.